The largest absolute Gasteiger partial charge is 0.497 e. The molecule has 2 aromatic rings. The first-order valence-electron chi connectivity index (χ1n) is 10.2. The van der Waals surface area contributed by atoms with Gasteiger partial charge in [0.25, 0.3) is 0 Å². The highest BCUT2D eigenvalue weighted by molar-refractivity contribution is 8.15. The summed E-state index contributed by atoms with van der Waals surface area (Å²) in [6.45, 7) is 4.36. The maximum Gasteiger partial charge on any atom is 0.338 e. The highest BCUT2D eigenvalue weighted by Gasteiger charge is 2.38. The molecule has 1 atom stereocenters. The van der Waals surface area contributed by atoms with Crippen LogP contribution in [0.4, 0.5) is 11.4 Å². The molecule has 168 valence electrons. The molecular formula is C23H25N3O5S. The molecule has 1 aliphatic heterocycles. The second kappa shape index (κ2) is 10.8. The molecule has 0 aliphatic carbocycles. The van der Waals surface area contributed by atoms with Gasteiger partial charge in [-0.3, -0.25) is 14.5 Å². The van der Waals surface area contributed by atoms with Crippen LogP contribution < -0.4 is 10.1 Å². The van der Waals surface area contributed by atoms with Gasteiger partial charge in [0.15, 0.2) is 5.17 Å². The Bertz CT molecular complexity index is 1010. The first-order valence-corrected chi connectivity index (χ1v) is 11.1. The number of benzene rings is 2. The third-order valence-electron chi connectivity index (χ3n) is 4.68. The van der Waals surface area contributed by atoms with Crippen molar-refractivity contribution in [3.8, 4) is 5.75 Å². The van der Waals surface area contributed by atoms with Crippen LogP contribution in [0, 0.1) is 0 Å². The van der Waals surface area contributed by atoms with E-state index >= 15 is 0 Å². The first-order chi connectivity index (χ1) is 15.4. The van der Waals surface area contributed by atoms with Crippen molar-refractivity contribution in [2.45, 2.75) is 25.5 Å². The fourth-order valence-corrected chi connectivity index (χ4v) is 4.29. The smallest absolute Gasteiger partial charge is 0.338 e. The number of thioether (sulfide) groups is 1. The molecule has 1 aliphatic rings. The van der Waals surface area contributed by atoms with E-state index < -0.39 is 11.2 Å². The molecule has 32 heavy (non-hydrogen) atoms. The SMILES string of the molecule is CCOC(=O)c1ccc(N=C2SC(CC(=O)Nc3ccc(OC)cc3)C(=O)N2CC)cc1. The molecule has 8 nitrogen and oxygen atoms in total. The molecule has 3 rings (SSSR count). The number of nitrogens with zero attached hydrogens (tertiary/aromatic N) is 2. The summed E-state index contributed by atoms with van der Waals surface area (Å²) in [5.41, 5.74) is 1.68. The molecular weight excluding hydrogens is 430 g/mol. The number of aliphatic imine (C=N–C) groups is 1. The fraction of sp³-hybridized carbons (Fsp3) is 0.304. The maximum atomic E-state index is 12.8. The summed E-state index contributed by atoms with van der Waals surface area (Å²) in [6, 6.07) is 13.6. The number of rotatable bonds is 8. The molecule has 1 N–H and O–H groups in total. The van der Waals surface area contributed by atoms with Crippen molar-refractivity contribution in [1.29, 1.82) is 0 Å². The van der Waals surface area contributed by atoms with Gasteiger partial charge in [-0.2, -0.15) is 0 Å². The number of nitrogens with one attached hydrogen (secondary N) is 1. The Morgan fingerprint density at radius 2 is 1.78 bits per heavy atom. The van der Waals surface area contributed by atoms with Crippen molar-refractivity contribution in [2.24, 2.45) is 4.99 Å². The summed E-state index contributed by atoms with van der Waals surface area (Å²) in [6.07, 6.45) is 0.0346. The Balaban J connectivity index is 1.66. The Hall–Kier alpha value is -3.33. The Labute approximate surface area is 191 Å². The van der Waals surface area contributed by atoms with Crippen LogP contribution in [-0.2, 0) is 14.3 Å². The van der Waals surface area contributed by atoms with E-state index in [-0.39, 0.29) is 18.2 Å². The number of hydrogen-bond donors (Lipinski definition) is 1. The van der Waals surface area contributed by atoms with Gasteiger partial charge in [0.1, 0.15) is 11.0 Å². The predicted octanol–water partition coefficient (Wildman–Crippen LogP) is 3.85. The molecule has 1 heterocycles. The van der Waals surface area contributed by atoms with Gasteiger partial charge in [0.05, 0.1) is 25.0 Å². The predicted molar refractivity (Wildman–Crippen MR) is 125 cm³/mol. The lowest BCUT2D eigenvalue weighted by Crippen LogP contribution is -2.33. The number of amides is 2. The molecule has 0 spiro atoms. The lowest BCUT2D eigenvalue weighted by Gasteiger charge is -2.13. The minimum atomic E-state index is -0.550. The molecule has 0 aromatic heterocycles. The Morgan fingerprint density at radius 1 is 1.09 bits per heavy atom. The Kier molecular flexibility index (Phi) is 7.88. The van der Waals surface area contributed by atoms with E-state index in [9.17, 15) is 14.4 Å². The minimum absolute atomic E-state index is 0.0346. The van der Waals surface area contributed by atoms with Gasteiger partial charge in [0.2, 0.25) is 11.8 Å². The maximum absolute atomic E-state index is 12.8. The van der Waals surface area contributed by atoms with Crippen LogP contribution >= 0.6 is 11.8 Å². The fourth-order valence-electron chi connectivity index (χ4n) is 3.07. The van der Waals surface area contributed by atoms with Crippen LogP contribution in [0.2, 0.25) is 0 Å². The lowest BCUT2D eigenvalue weighted by molar-refractivity contribution is -0.128. The number of esters is 1. The summed E-state index contributed by atoms with van der Waals surface area (Å²) >= 11 is 1.26. The summed E-state index contributed by atoms with van der Waals surface area (Å²) < 4.78 is 10.1. The van der Waals surface area contributed by atoms with E-state index in [2.05, 4.69) is 10.3 Å². The van der Waals surface area contributed by atoms with Crippen molar-refractivity contribution in [2.75, 3.05) is 25.6 Å². The van der Waals surface area contributed by atoms with Gasteiger partial charge < -0.3 is 14.8 Å². The summed E-state index contributed by atoms with van der Waals surface area (Å²) in [5.74, 6) is -0.101. The number of anilines is 1. The summed E-state index contributed by atoms with van der Waals surface area (Å²) in [5, 5.41) is 2.78. The number of carbonyl (C=O) groups is 3. The zero-order chi connectivity index (χ0) is 23.1. The molecule has 2 aromatic carbocycles. The van der Waals surface area contributed by atoms with Gasteiger partial charge in [-0.05, 0) is 62.4 Å². The van der Waals surface area contributed by atoms with Gasteiger partial charge in [-0.15, -0.1) is 0 Å². The van der Waals surface area contributed by atoms with Crippen LogP contribution in [0.15, 0.2) is 53.5 Å². The highest BCUT2D eigenvalue weighted by atomic mass is 32.2. The highest BCUT2D eigenvalue weighted by Crippen LogP contribution is 2.32. The molecule has 1 saturated heterocycles. The van der Waals surface area contributed by atoms with E-state index in [0.29, 0.717) is 41.0 Å². The average molecular weight is 456 g/mol. The molecule has 1 unspecified atom stereocenters. The number of hydrogen-bond acceptors (Lipinski definition) is 7. The quantitative estimate of drug-likeness (QED) is 0.607. The zero-order valence-electron chi connectivity index (χ0n) is 18.2. The average Bonchev–Trinajstić information content (AvgIpc) is 3.08. The van der Waals surface area contributed by atoms with Crippen LogP contribution in [0.1, 0.15) is 30.6 Å². The van der Waals surface area contributed by atoms with Crippen LogP contribution in [0.3, 0.4) is 0 Å². The van der Waals surface area contributed by atoms with E-state index in [1.165, 1.54) is 11.8 Å². The van der Waals surface area contributed by atoms with Gasteiger partial charge in [-0.1, -0.05) is 11.8 Å². The lowest BCUT2D eigenvalue weighted by atomic mass is 10.2. The number of methoxy groups -OCH3 is 1. The number of carbonyl (C=O) groups excluding carboxylic acids is 3. The zero-order valence-corrected chi connectivity index (χ0v) is 19.0. The van der Waals surface area contributed by atoms with Gasteiger partial charge in [0, 0.05) is 18.7 Å². The van der Waals surface area contributed by atoms with Gasteiger partial charge in [-0.25, -0.2) is 9.79 Å². The molecule has 0 radical (unpaired) electrons. The molecule has 1 fully saturated rings. The van der Waals surface area contributed by atoms with Crippen LogP contribution in [0.5, 0.6) is 5.75 Å². The Morgan fingerprint density at radius 3 is 2.38 bits per heavy atom. The van der Waals surface area contributed by atoms with E-state index in [0.717, 1.165) is 0 Å². The van der Waals surface area contributed by atoms with Gasteiger partial charge >= 0.3 is 5.97 Å². The second-order valence-corrected chi connectivity index (χ2v) is 8.00. The summed E-state index contributed by atoms with van der Waals surface area (Å²) in [7, 11) is 1.57. The third-order valence-corrected chi connectivity index (χ3v) is 5.86. The van der Waals surface area contributed by atoms with E-state index in [1.54, 1.807) is 67.5 Å². The van der Waals surface area contributed by atoms with Crippen LogP contribution in [0.25, 0.3) is 0 Å². The molecule has 9 heteroatoms. The summed E-state index contributed by atoms with van der Waals surface area (Å²) in [4.78, 5) is 43.2. The topological polar surface area (TPSA) is 97.3 Å². The second-order valence-electron chi connectivity index (χ2n) is 6.83. The van der Waals surface area contributed by atoms with Crippen molar-refractivity contribution < 1.29 is 23.9 Å². The first kappa shape index (κ1) is 23.3. The number of amidine groups is 1. The molecule has 2 amide bonds. The minimum Gasteiger partial charge on any atom is -0.497 e. The third kappa shape index (κ3) is 5.67. The monoisotopic (exact) mass is 455 g/mol. The van der Waals surface area contributed by atoms with Crippen molar-refractivity contribution in [3.05, 3.63) is 54.1 Å². The van der Waals surface area contributed by atoms with E-state index in [1.807, 2.05) is 6.92 Å². The molecule has 0 saturated carbocycles. The van der Waals surface area contributed by atoms with Crippen molar-refractivity contribution in [3.63, 3.8) is 0 Å². The normalized spacial score (nSPS) is 16.8. The van der Waals surface area contributed by atoms with Crippen LogP contribution in [-0.4, -0.2) is 53.4 Å². The standard InChI is InChI=1S/C23H25N3O5S/c1-4-26-21(28)19(14-20(27)24-16-10-12-18(30-3)13-11-16)32-23(26)25-17-8-6-15(7-9-17)22(29)31-5-2/h6-13,19H,4-5,14H2,1-3H3,(H,24,27). The van der Waals surface area contributed by atoms with Crippen molar-refractivity contribution in [1.82, 2.24) is 4.90 Å². The molecule has 0 bridgehead atoms. The number of ether oxygens (including phenoxy) is 2. The van der Waals surface area contributed by atoms with Crippen molar-refractivity contribution >= 4 is 46.1 Å². The van der Waals surface area contributed by atoms with E-state index in [4.69, 9.17) is 9.47 Å².